The molecule has 0 radical (unpaired) electrons. The van der Waals surface area contributed by atoms with E-state index >= 15 is 0 Å². The van der Waals surface area contributed by atoms with Gasteiger partial charge in [0.2, 0.25) is 11.6 Å². The highest BCUT2D eigenvalue weighted by Gasteiger charge is 2.24. The summed E-state index contributed by atoms with van der Waals surface area (Å²) in [6.45, 7) is 0. The first-order chi connectivity index (χ1) is 9.00. The van der Waals surface area contributed by atoms with Gasteiger partial charge in [0.05, 0.1) is 10.6 Å². The smallest absolute Gasteiger partial charge is 0.314 e. The molecule has 5 nitrogen and oxygen atoms in total. The molecule has 2 aromatic carbocycles. The van der Waals surface area contributed by atoms with Gasteiger partial charge < -0.3 is 10.5 Å². The van der Waals surface area contributed by atoms with E-state index in [0.29, 0.717) is 6.07 Å². The maximum atomic E-state index is 13.6. The van der Waals surface area contributed by atoms with E-state index in [9.17, 15) is 18.9 Å². The predicted octanol–water partition coefficient (Wildman–Crippen LogP) is 3.25. The van der Waals surface area contributed by atoms with Crippen LogP contribution in [0, 0.1) is 21.7 Å². The first kappa shape index (κ1) is 12.7. The molecule has 0 aliphatic carbocycles. The molecule has 0 saturated heterocycles. The van der Waals surface area contributed by atoms with Crippen LogP contribution in [0.2, 0.25) is 0 Å². The number of ether oxygens (including phenoxy) is 1. The molecular formula is C12H8F2N2O3. The van der Waals surface area contributed by atoms with Crippen molar-refractivity contribution in [3.63, 3.8) is 0 Å². The minimum absolute atomic E-state index is 0.00935. The number of nitrogens with two attached hydrogens (primary N) is 1. The van der Waals surface area contributed by atoms with Gasteiger partial charge in [-0.15, -0.1) is 0 Å². The average Bonchev–Trinajstić information content (AvgIpc) is 2.37. The molecule has 0 aliphatic rings. The minimum atomic E-state index is -1.43. The number of hydrogen-bond acceptors (Lipinski definition) is 4. The SMILES string of the molecule is Nc1ccccc1Oc1c([N+](=O)[O-])ccc(F)c1F. The molecule has 0 heterocycles. The van der Waals surface area contributed by atoms with Gasteiger partial charge in [-0.25, -0.2) is 4.39 Å². The third-order valence-corrected chi connectivity index (χ3v) is 2.36. The zero-order valence-corrected chi connectivity index (χ0v) is 9.47. The fourth-order valence-electron chi connectivity index (χ4n) is 1.45. The van der Waals surface area contributed by atoms with Gasteiger partial charge in [0, 0.05) is 6.07 Å². The van der Waals surface area contributed by atoms with E-state index in [1.54, 1.807) is 12.1 Å². The molecule has 19 heavy (non-hydrogen) atoms. The number of hydrogen-bond donors (Lipinski definition) is 1. The highest BCUT2D eigenvalue weighted by atomic mass is 19.2. The Morgan fingerprint density at radius 3 is 2.47 bits per heavy atom. The highest BCUT2D eigenvalue weighted by molar-refractivity contribution is 5.56. The number of halogens is 2. The summed E-state index contributed by atoms with van der Waals surface area (Å²) < 4.78 is 31.7. The quantitative estimate of drug-likeness (QED) is 0.525. The second kappa shape index (κ2) is 4.89. The van der Waals surface area contributed by atoms with Crippen LogP contribution in [-0.4, -0.2) is 4.92 Å². The van der Waals surface area contributed by atoms with Crippen molar-refractivity contribution in [2.45, 2.75) is 0 Å². The minimum Gasteiger partial charge on any atom is -0.445 e. The lowest BCUT2D eigenvalue weighted by molar-refractivity contribution is -0.385. The number of para-hydroxylation sites is 2. The molecule has 2 aromatic rings. The molecule has 2 rings (SSSR count). The van der Waals surface area contributed by atoms with Crippen molar-refractivity contribution in [2.24, 2.45) is 0 Å². The second-order valence-electron chi connectivity index (χ2n) is 3.61. The molecule has 0 amide bonds. The first-order valence-electron chi connectivity index (χ1n) is 5.15. The number of rotatable bonds is 3. The zero-order valence-electron chi connectivity index (χ0n) is 9.47. The summed E-state index contributed by atoms with van der Waals surface area (Å²) in [4.78, 5) is 9.90. The van der Waals surface area contributed by atoms with Gasteiger partial charge in [-0.05, 0) is 18.2 Å². The number of nitrogens with zero attached hydrogens (tertiary/aromatic N) is 1. The van der Waals surface area contributed by atoms with Gasteiger partial charge in [0.15, 0.2) is 11.6 Å². The standard InChI is InChI=1S/C12H8F2N2O3/c13-7-5-6-9(16(17)18)12(11(7)14)19-10-4-2-1-3-8(10)15/h1-6H,15H2. The predicted molar refractivity (Wildman–Crippen MR) is 63.9 cm³/mol. The van der Waals surface area contributed by atoms with Crippen molar-refractivity contribution in [3.05, 3.63) is 58.1 Å². The van der Waals surface area contributed by atoms with Gasteiger partial charge >= 0.3 is 5.69 Å². The molecule has 0 unspecified atom stereocenters. The molecule has 7 heteroatoms. The van der Waals surface area contributed by atoms with Crippen LogP contribution in [0.25, 0.3) is 0 Å². The summed E-state index contributed by atoms with van der Waals surface area (Å²) in [7, 11) is 0. The Morgan fingerprint density at radius 2 is 1.84 bits per heavy atom. The Morgan fingerprint density at radius 1 is 1.16 bits per heavy atom. The summed E-state index contributed by atoms with van der Waals surface area (Å²) in [5.74, 6) is -3.47. The fraction of sp³-hybridized carbons (Fsp3) is 0. The Bertz CT molecular complexity index is 647. The summed E-state index contributed by atoms with van der Waals surface area (Å²) in [6.07, 6.45) is 0. The number of nitro benzene ring substituents is 1. The number of anilines is 1. The molecular weight excluding hydrogens is 258 g/mol. The van der Waals surface area contributed by atoms with Crippen molar-refractivity contribution in [1.29, 1.82) is 0 Å². The molecule has 98 valence electrons. The number of nitro groups is 1. The molecule has 0 atom stereocenters. The summed E-state index contributed by atoms with van der Waals surface area (Å²) in [6, 6.07) is 7.51. The van der Waals surface area contributed by atoms with E-state index in [1.807, 2.05) is 0 Å². The van der Waals surface area contributed by atoms with Crippen LogP contribution in [0.3, 0.4) is 0 Å². The third kappa shape index (κ3) is 2.44. The molecule has 0 fully saturated rings. The van der Waals surface area contributed by atoms with Crippen LogP contribution in [0.4, 0.5) is 20.2 Å². The van der Waals surface area contributed by atoms with Gasteiger partial charge in [0.25, 0.3) is 0 Å². The van der Waals surface area contributed by atoms with Crippen LogP contribution in [0.1, 0.15) is 0 Å². The molecule has 0 saturated carbocycles. The molecule has 0 aliphatic heterocycles. The van der Waals surface area contributed by atoms with Gasteiger partial charge in [0.1, 0.15) is 0 Å². The molecule has 0 bridgehead atoms. The number of nitrogen functional groups attached to an aromatic ring is 1. The van der Waals surface area contributed by atoms with Gasteiger partial charge in [-0.3, -0.25) is 10.1 Å². The summed E-state index contributed by atoms with van der Waals surface area (Å²) >= 11 is 0. The maximum Gasteiger partial charge on any atom is 0.314 e. The molecule has 0 aromatic heterocycles. The Hall–Kier alpha value is -2.70. The monoisotopic (exact) mass is 266 g/mol. The van der Waals surface area contributed by atoms with E-state index in [-0.39, 0.29) is 11.4 Å². The van der Waals surface area contributed by atoms with E-state index in [2.05, 4.69) is 0 Å². The van der Waals surface area contributed by atoms with Crippen LogP contribution in [-0.2, 0) is 0 Å². The van der Waals surface area contributed by atoms with Crippen molar-refractivity contribution in [2.75, 3.05) is 5.73 Å². The second-order valence-corrected chi connectivity index (χ2v) is 3.61. The summed E-state index contributed by atoms with van der Waals surface area (Å²) in [5.41, 5.74) is 5.05. The lowest BCUT2D eigenvalue weighted by Gasteiger charge is -2.09. The lowest BCUT2D eigenvalue weighted by Crippen LogP contribution is -2.00. The Labute approximate surface area is 106 Å². The normalized spacial score (nSPS) is 10.2. The van der Waals surface area contributed by atoms with Gasteiger partial charge in [-0.1, -0.05) is 12.1 Å². The Kier molecular flexibility index (Phi) is 3.28. The molecule has 0 spiro atoms. The van der Waals surface area contributed by atoms with Crippen molar-refractivity contribution >= 4 is 11.4 Å². The average molecular weight is 266 g/mol. The van der Waals surface area contributed by atoms with Crippen LogP contribution < -0.4 is 10.5 Å². The molecule has 2 N–H and O–H groups in total. The highest BCUT2D eigenvalue weighted by Crippen LogP contribution is 2.36. The number of benzene rings is 2. The van der Waals surface area contributed by atoms with E-state index in [1.165, 1.54) is 12.1 Å². The largest absolute Gasteiger partial charge is 0.445 e. The van der Waals surface area contributed by atoms with Crippen molar-refractivity contribution in [3.8, 4) is 11.5 Å². The van der Waals surface area contributed by atoms with Crippen LogP contribution in [0.5, 0.6) is 11.5 Å². The van der Waals surface area contributed by atoms with E-state index in [4.69, 9.17) is 10.5 Å². The van der Waals surface area contributed by atoms with Crippen LogP contribution in [0.15, 0.2) is 36.4 Å². The summed E-state index contributed by atoms with van der Waals surface area (Å²) in [5, 5.41) is 10.8. The van der Waals surface area contributed by atoms with Crippen molar-refractivity contribution in [1.82, 2.24) is 0 Å². The van der Waals surface area contributed by atoms with E-state index in [0.717, 1.165) is 6.07 Å². The van der Waals surface area contributed by atoms with Crippen LogP contribution >= 0.6 is 0 Å². The Balaban J connectivity index is 2.53. The lowest BCUT2D eigenvalue weighted by atomic mass is 10.2. The maximum absolute atomic E-state index is 13.6. The van der Waals surface area contributed by atoms with Gasteiger partial charge in [-0.2, -0.15) is 4.39 Å². The first-order valence-corrected chi connectivity index (χ1v) is 5.15. The zero-order chi connectivity index (χ0) is 14.0. The topological polar surface area (TPSA) is 78.4 Å². The fourth-order valence-corrected chi connectivity index (χ4v) is 1.45. The van der Waals surface area contributed by atoms with E-state index < -0.39 is 28.0 Å². The van der Waals surface area contributed by atoms with Crippen molar-refractivity contribution < 1.29 is 18.4 Å². The third-order valence-electron chi connectivity index (χ3n) is 2.36.